The van der Waals surface area contributed by atoms with E-state index in [1.165, 1.54) is 40.6 Å². The maximum Gasteiger partial charge on any atom is 0.223 e. The summed E-state index contributed by atoms with van der Waals surface area (Å²) in [6.07, 6.45) is 2.03. The molecule has 0 N–H and O–H groups in total. The smallest absolute Gasteiger partial charge is 0.223 e. The molecule has 0 bridgehead atoms. The van der Waals surface area contributed by atoms with Gasteiger partial charge in [-0.2, -0.15) is 0 Å². The predicted octanol–water partition coefficient (Wildman–Crippen LogP) is 2.36. The number of likely N-dealkylation sites (N-methyl/N-ethyl adjacent to an activating group) is 1. The normalized spacial score (nSPS) is 17.5. The second kappa shape index (κ2) is 11.2. The quantitative estimate of drug-likeness (QED) is 0.360. The SMILES string of the molecule is COc1cccc(OC)c1-n1c(CS(=O)(=O)[C@@H](C)[C@H](OC)c2ncc(Cl)cn2)nnc1[C@H]1CC(=O)N(C)C1. The van der Waals surface area contributed by atoms with Crippen LogP contribution in [0.2, 0.25) is 5.02 Å². The molecule has 1 aliphatic rings. The van der Waals surface area contributed by atoms with Gasteiger partial charge in [-0.3, -0.25) is 9.36 Å². The van der Waals surface area contributed by atoms with Gasteiger partial charge in [0.15, 0.2) is 21.5 Å². The Hall–Kier alpha value is -3.29. The number of benzene rings is 1. The Morgan fingerprint density at radius 3 is 2.26 bits per heavy atom. The molecule has 1 aromatic carbocycles. The molecular formula is C24H29ClN6O6S. The molecule has 0 aliphatic carbocycles. The van der Waals surface area contributed by atoms with Gasteiger partial charge in [-0.05, 0) is 19.1 Å². The number of para-hydroxylation sites is 1. The zero-order valence-corrected chi connectivity index (χ0v) is 23.2. The third-order valence-corrected chi connectivity index (χ3v) is 8.79. The average molecular weight is 565 g/mol. The first kappa shape index (κ1) is 27.7. The molecule has 204 valence electrons. The van der Waals surface area contributed by atoms with E-state index in [9.17, 15) is 13.2 Å². The zero-order chi connectivity index (χ0) is 27.6. The van der Waals surface area contributed by atoms with Gasteiger partial charge >= 0.3 is 0 Å². The highest BCUT2D eigenvalue weighted by Crippen LogP contribution is 2.38. The number of ether oxygens (including phenoxy) is 3. The highest BCUT2D eigenvalue weighted by Gasteiger charge is 2.38. The second-order valence-corrected chi connectivity index (χ2v) is 11.7. The number of halogens is 1. The van der Waals surface area contributed by atoms with Crippen LogP contribution in [-0.4, -0.2) is 84.1 Å². The van der Waals surface area contributed by atoms with Gasteiger partial charge in [0.2, 0.25) is 5.91 Å². The Balaban J connectivity index is 1.80. The Morgan fingerprint density at radius 2 is 1.74 bits per heavy atom. The van der Waals surface area contributed by atoms with Gasteiger partial charge in [0.25, 0.3) is 0 Å². The Morgan fingerprint density at radius 1 is 1.11 bits per heavy atom. The minimum absolute atomic E-state index is 0.0368. The molecule has 0 spiro atoms. The largest absolute Gasteiger partial charge is 0.494 e. The predicted molar refractivity (Wildman–Crippen MR) is 138 cm³/mol. The van der Waals surface area contributed by atoms with E-state index in [0.717, 1.165) is 0 Å². The summed E-state index contributed by atoms with van der Waals surface area (Å²) >= 11 is 5.89. The molecule has 12 nitrogen and oxygen atoms in total. The monoisotopic (exact) mass is 564 g/mol. The van der Waals surface area contributed by atoms with Gasteiger partial charge in [-0.15, -0.1) is 10.2 Å². The molecule has 0 radical (unpaired) electrons. The summed E-state index contributed by atoms with van der Waals surface area (Å²) in [7, 11) is 2.20. The van der Waals surface area contributed by atoms with Crippen LogP contribution in [-0.2, 0) is 25.1 Å². The van der Waals surface area contributed by atoms with E-state index in [4.69, 9.17) is 25.8 Å². The molecule has 3 aromatic rings. The van der Waals surface area contributed by atoms with E-state index in [1.807, 2.05) is 0 Å². The van der Waals surface area contributed by atoms with Crippen molar-refractivity contribution in [3.8, 4) is 17.2 Å². The number of likely N-dealkylation sites (tertiary alicyclic amines) is 1. The number of aromatic nitrogens is 5. The lowest BCUT2D eigenvalue weighted by atomic mass is 10.1. The fourth-order valence-electron chi connectivity index (χ4n) is 4.50. The van der Waals surface area contributed by atoms with E-state index in [2.05, 4.69) is 20.2 Å². The number of rotatable bonds is 10. The van der Waals surface area contributed by atoms with Gasteiger partial charge < -0.3 is 19.1 Å². The molecule has 1 amide bonds. The highest BCUT2D eigenvalue weighted by atomic mass is 35.5. The summed E-state index contributed by atoms with van der Waals surface area (Å²) < 4.78 is 45.7. The van der Waals surface area contributed by atoms with Crippen molar-refractivity contribution in [3.63, 3.8) is 0 Å². The number of hydrogen-bond acceptors (Lipinski definition) is 10. The van der Waals surface area contributed by atoms with Crippen molar-refractivity contribution in [2.75, 3.05) is 34.9 Å². The summed E-state index contributed by atoms with van der Waals surface area (Å²) in [6, 6.07) is 5.21. The van der Waals surface area contributed by atoms with Crippen molar-refractivity contribution >= 4 is 27.3 Å². The molecule has 1 aliphatic heterocycles. The lowest BCUT2D eigenvalue weighted by molar-refractivity contribution is -0.126. The number of carbonyl (C=O) groups is 1. The topological polar surface area (TPSA) is 139 Å². The third-order valence-electron chi connectivity index (χ3n) is 6.56. The molecular weight excluding hydrogens is 536 g/mol. The van der Waals surface area contributed by atoms with Crippen LogP contribution in [0.3, 0.4) is 0 Å². The van der Waals surface area contributed by atoms with E-state index in [0.29, 0.717) is 34.6 Å². The van der Waals surface area contributed by atoms with Crippen LogP contribution in [0.5, 0.6) is 11.5 Å². The molecule has 14 heteroatoms. The van der Waals surface area contributed by atoms with Crippen molar-refractivity contribution in [2.24, 2.45) is 0 Å². The van der Waals surface area contributed by atoms with Crippen molar-refractivity contribution in [1.82, 2.24) is 29.6 Å². The summed E-state index contributed by atoms with van der Waals surface area (Å²) in [5.74, 6) is 0.804. The van der Waals surface area contributed by atoms with Gasteiger partial charge in [0.05, 0.1) is 24.5 Å². The summed E-state index contributed by atoms with van der Waals surface area (Å²) in [5, 5.41) is 7.92. The maximum atomic E-state index is 13.7. The lowest BCUT2D eigenvalue weighted by Gasteiger charge is -2.22. The number of sulfone groups is 1. The number of methoxy groups -OCH3 is 3. The molecule has 1 saturated heterocycles. The molecule has 4 rings (SSSR count). The first-order valence-electron chi connectivity index (χ1n) is 11.7. The molecule has 0 unspecified atom stereocenters. The number of carbonyl (C=O) groups excluding carboxylic acids is 1. The van der Waals surface area contributed by atoms with Gasteiger partial charge in [-0.1, -0.05) is 17.7 Å². The molecule has 38 heavy (non-hydrogen) atoms. The standard InChI is InChI=1S/C24H29ClN6O6S/c1-14(22(37-5)23-26-10-16(25)11-27-23)38(33,34)13-19-28-29-24(15-9-20(32)30(2)12-15)31(19)21-17(35-3)7-6-8-18(21)36-4/h6-8,10-11,14-15,22H,9,12-13H2,1-5H3/t14-,15-,22-/m0/s1. The van der Waals surface area contributed by atoms with Crippen LogP contribution in [0, 0.1) is 0 Å². The van der Waals surface area contributed by atoms with Gasteiger partial charge in [-0.25, -0.2) is 18.4 Å². The van der Waals surface area contributed by atoms with Crippen LogP contribution in [0.15, 0.2) is 30.6 Å². The zero-order valence-electron chi connectivity index (χ0n) is 21.7. The maximum absolute atomic E-state index is 13.7. The lowest BCUT2D eigenvalue weighted by Crippen LogP contribution is -2.30. The fraction of sp³-hybridized carbons (Fsp3) is 0.458. The highest BCUT2D eigenvalue weighted by molar-refractivity contribution is 7.91. The van der Waals surface area contributed by atoms with Crippen LogP contribution in [0.1, 0.15) is 42.8 Å². The van der Waals surface area contributed by atoms with E-state index in [-0.39, 0.29) is 29.9 Å². The summed E-state index contributed by atoms with van der Waals surface area (Å²) in [5.41, 5.74) is 0.446. The minimum Gasteiger partial charge on any atom is -0.494 e. The van der Waals surface area contributed by atoms with Crippen molar-refractivity contribution < 1.29 is 27.4 Å². The molecule has 0 saturated carbocycles. The van der Waals surface area contributed by atoms with Crippen molar-refractivity contribution in [2.45, 2.75) is 36.4 Å². The second-order valence-electron chi connectivity index (χ2n) is 8.92. The van der Waals surface area contributed by atoms with Crippen molar-refractivity contribution in [1.29, 1.82) is 0 Å². The van der Waals surface area contributed by atoms with E-state index in [1.54, 1.807) is 34.7 Å². The number of hydrogen-bond donors (Lipinski definition) is 0. The Labute approximate surface area is 225 Å². The minimum atomic E-state index is -3.90. The third kappa shape index (κ3) is 5.31. The summed E-state index contributed by atoms with van der Waals surface area (Å²) in [6.45, 7) is 1.94. The van der Waals surface area contributed by atoms with Crippen LogP contribution in [0.4, 0.5) is 0 Å². The molecule has 2 aromatic heterocycles. The van der Waals surface area contributed by atoms with Crippen LogP contribution in [0.25, 0.3) is 5.69 Å². The first-order chi connectivity index (χ1) is 18.1. The van der Waals surface area contributed by atoms with E-state index < -0.39 is 26.9 Å². The van der Waals surface area contributed by atoms with Crippen molar-refractivity contribution in [3.05, 3.63) is 53.1 Å². The summed E-state index contributed by atoms with van der Waals surface area (Å²) in [4.78, 5) is 22.2. The first-order valence-corrected chi connectivity index (χ1v) is 13.8. The van der Waals surface area contributed by atoms with Gasteiger partial charge in [0, 0.05) is 45.4 Å². The Bertz CT molecular complexity index is 1390. The van der Waals surface area contributed by atoms with Crippen LogP contribution < -0.4 is 9.47 Å². The van der Waals surface area contributed by atoms with Crippen LogP contribution >= 0.6 is 11.6 Å². The molecule has 1 fully saturated rings. The van der Waals surface area contributed by atoms with Gasteiger partial charge in [0.1, 0.15) is 34.9 Å². The molecule has 3 atom stereocenters. The fourth-order valence-corrected chi connectivity index (χ4v) is 6.01. The van der Waals surface area contributed by atoms with E-state index >= 15 is 0 Å². The Kier molecular flexibility index (Phi) is 8.19. The number of nitrogens with zero attached hydrogens (tertiary/aromatic N) is 6. The molecule has 3 heterocycles. The number of amides is 1. The average Bonchev–Trinajstić information content (AvgIpc) is 3.46.